The zero-order valence-corrected chi connectivity index (χ0v) is 9.54. The molecule has 0 aliphatic carbocycles. The maximum Gasteiger partial charge on any atom is 0.323 e. The van der Waals surface area contributed by atoms with Crippen molar-refractivity contribution in [3.63, 3.8) is 0 Å². The first kappa shape index (κ1) is 13.5. The van der Waals surface area contributed by atoms with Crippen molar-refractivity contribution in [2.24, 2.45) is 5.73 Å². The lowest BCUT2D eigenvalue weighted by Crippen LogP contribution is -2.33. The van der Waals surface area contributed by atoms with Crippen molar-refractivity contribution in [3.8, 4) is 5.75 Å². The Kier molecular flexibility index (Phi) is 6.06. The lowest BCUT2D eigenvalue weighted by Gasteiger charge is -2.10. The van der Waals surface area contributed by atoms with Gasteiger partial charge < -0.3 is 20.3 Å². The molecule has 3 N–H and O–H groups in total. The highest BCUT2D eigenvalue weighted by molar-refractivity contribution is 5.75. The molecule has 5 nitrogen and oxygen atoms in total. The Labute approximate surface area is 100 Å². The van der Waals surface area contributed by atoms with Gasteiger partial charge in [-0.3, -0.25) is 4.79 Å². The molecule has 0 fully saturated rings. The molecule has 1 atom stereocenters. The molecule has 0 aliphatic heterocycles. The lowest BCUT2D eigenvalue weighted by atomic mass is 10.2. The number of esters is 1. The van der Waals surface area contributed by atoms with E-state index >= 15 is 0 Å². The first-order valence-corrected chi connectivity index (χ1v) is 5.45. The number of hydrogen-bond acceptors (Lipinski definition) is 5. The van der Waals surface area contributed by atoms with Gasteiger partial charge in [0.15, 0.2) is 0 Å². The van der Waals surface area contributed by atoms with E-state index in [0.717, 1.165) is 5.75 Å². The highest BCUT2D eigenvalue weighted by atomic mass is 16.6. The molecule has 1 aromatic carbocycles. The second-order valence-electron chi connectivity index (χ2n) is 3.45. The molecular formula is C12H17NO4. The summed E-state index contributed by atoms with van der Waals surface area (Å²) in [6.07, 6.45) is 0.207. The fraction of sp³-hybridized carbons (Fsp3) is 0.417. The molecule has 94 valence electrons. The van der Waals surface area contributed by atoms with Gasteiger partial charge in [0.1, 0.15) is 25.0 Å². The van der Waals surface area contributed by atoms with Crippen LogP contribution in [0.15, 0.2) is 30.3 Å². The minimum absolute atomic E-state index is 0.128. The van der Waals surface area contributed by atoms with Gasteiger partial charge in [0.25, 0.3) is 0 Å². The van der Waals surface area contributed by atoms with Crippen LogP contribution < -0.4 is 10.5 Å². The number of rotatable bonds is 7. The molecule has 0 aliphatic rings. The van der Waals surface area contributed by atoms with E-state index in [1.165, 1.54) is 0 Å². The van der Waals surface area contributed by atoms with Crippen LogP contribution in [0.4, 0.5) is 0 Å². The van der Waals surface area contributed by atoms with E-state index in [0.29, 0.717) is 0 Å². The van der Waals surface area contributed by atoms with E-state index in [1.54, 1.807) is 0 Å². The van der Waals surface area contributed by atoms with Crippen molar-refractivity contribution in [3.05, 3.63) is 30.3 Å². The summed E-state index contributed by atoms with van der Waals surface area (Å²) in [4.78, 5) is 11.2. The zero-order valence-electron chi connectivity index (χ0n) is 9.54. The number of hydrogen-bond donors (Lipinski definition) is 2. The molecule has 0 saturated heterocycles. The summed E-state index contributed by atoms with van der Waals surface area (Å²) >= 11 is 0. The second-order valence-corrected chi connectivity index (χ2v) is 3.45. The third-order valence-electron chi connectivity index (χ3n) is 2.08. The summed E-state index contributed by atoms with van der Waals surface area (Å²) in [5.74, 6) is 0.207. The number of nitrogens with two attached hydrogens (primary N) is 1. The summed E-state index contributed by atoms with van der Waals surface area (Å²) in [6.45, 7) is 0.297. The van der Waals surface area contributed by atoms with Crippen LogP contribution in [-0.4, -0.2) is 36.9 Å². The summed E-state index contributed by atoms with van der Waals surface area (Å²) in [7, 11) is 0. The molecule has 0 unspecified atom stereocenters. The predicted molar refractivity (Wildman–Crippen MR) is 62.6 cm³/mol. The van der Waals surface area contributed by atoms with Crippen LogP contribution in [0.1, 0.15) is 6.42 Å². The van der Waals surface area contributed by atoms with Gasteiger partial charge in [-0.2, -0.15) is 0 Å². The lowest BCUT2D eigenvalue weighted by molar-refractivity contribution is -0.146. The Balaban J connectivity index is 2.14. The smallest absolute Gasteiger partial charge is 0.323 e. The van der Waals surface area contributed by atoms with E-state index in [-0.39, 0.29) is 26.2 Å². The maximum atomic E-state index is 11.2. The average Bonchev–Trinajstić information content (AvgIpc) is 2.36. The van der Waals surface area contributed by atoms with Crippen LogP contribution in [0.25, 0.3) is 0 Å². The Morgan fingerprint density at radius 1 is 1.29 bits per heavy atom. The van der Waals surface area contributed by atoms with Crippen molar-refractivity contribution in [2.45, 2.75) is 12.5 Å². The molecule has 0 amide bonds. The van der Waals surface area contributed by atoms with Crippen molar-refractivity contribution in [1.29, 1.82) is 0 Å². The number of aliphatic hydroxyl groups is 1. The topological polar surface area (TPSA) is 81.8 Å². The van der Waals surface area contributed by atoms with E-state index in [2.05, 4.69) is 0 Å². The molecule has 0 aromatic heterocycles. The summed E-state index contributed by atoms with van der Waals surface area (Å²) in [6, 6.07) is 8.48. The Morgan fingerprint density at radius 2 is 2.00 bits per heavy atom. The molecule has 0 heterocycles. The minimum Gasteiger partial charge on any atom is -0.490 e. The SMILES string of the molecule is N[C@@H](CCO)C(=O)OCCOc1ccccc1. The van der Waals surface area contributed by atoms with E-state index < -0.39 is 12.0 Å². The molecule has 0 bridgehead atoms. The summed E-state index contributed by atoms with van der Waals surface area (Å²) in [5.41, 5.74) is 5.45. The molecule has 0 saturated carbocycles. The number of ether oxygens (including phenoxy) is 2. The van der Waals surface area contributed by atoms with Crippen molar-refractivity contribution in [1.82, 2.24) is 0 Å². The first-order valence-electron chi connectivity index (χ1n) is 5.45. The summed E-state index contributed by atoms with van der Waals surface area (Å²) in [5, 5.41) is 8.59. The van der Waals surface area contributed by atoms with Crippen LogP contribution in [0.2, 0.25) is 0 Å². The molecule has 17 heavy (non-hydrogen) atoms. The Hall–Kier alpha value is -1.59. The average molecular weight is 239 g/mol. The van der Waals surface area contributed by atoms with Gasteiger partial charge in [-0.25, -0.2) is 0 Å². The predicted octanol–water partition coefficient (Wildman–Crippen LogP) is 0.318. The fourth-order valence-corrected chi connectivity index (χ4v) is 1.18. The van der Waals surface area contributed by atoms with Crippen molar-refractivity contribution < 1.29 is 19.4 Å². The Bertz CT molecular complexity index is 329. The van der Waals surface area contributed by atoms with E-state index in [1.807, 2.05) is 30.3 Å². The number of para-hydroxylation sites is 1. The molecule has 5 heteroatoms. The summed E-state index contributed by atoms with van der Waals surface area (Å²) < 4.78 is 10.2. The van der Waals surface area contributed by atoms with Crippen LogP contribution in [0.3, 0.4) is 0 Å². The highest BCUT2D eigenvalue weighted by Gasteiger charge is 2.13. The normalized spacial score (nSPS) is 11.9. The first-order chi connectivity index (χ1) is 8.24. The monoisotopic (exact) mass is 239 g/mol. The highest BCUT2D eigenvalue weighted by Crippen LogP contribution is 2.07. The van der Waals surface area contributed by atoms with Gasteiger partial charge in [0, 0.05) is 6.61 Å². The number of benzene rings is 1. The van der Waals surface area contributed by atoms with Crippen LogP contribution in [-0.2, 0) is 9.53 Å². The van der Waals surface area contributed by atoms with Crippen molar-refractivity contribution >= 4 is 5.97 Å². The standard InChI is InChI=1S/C12H17NO4/c13-11(6-7-14)12(15)17-9-8-16-10-4-2-1-3-5-10/h1-5,11,14H,6-9,13H2/t11-/m0/s1. The number of carbonyl (C=O) groups excluding carboxylic acids is 1. The van der Waals surface area contributed by atoms with Crippen LogP contribution in [0.5, 0.6) is 5.75 Å². The maximum absolute atomic E-state index is 11.2. The van der Waals surface area contributed by atoms with Gasteiger partial charge in [-0.1, -0.05) is 18.2 Å². The van der Waals surface area contributed by atoms with Gasteiger partial charge in [0.05, 0.1) is 0 Å². The minimum atomic E-state index is -0.767. The zero-order chi connectivity index (χ0) is 12.5. The van der Waals surface area contributed by atoms with Gasteiger partial charge in [-0.15, -0.1) is 0 Å². The Morgan fingerprint density at radius 3 is 2.65 bits per heavy atom. The molecule has 1 aromatic rings. The molecule has 1 rings (SSSR count). The van der Waals surface area contributed by atoms with Crippen LogP contribution >= 0.6 is 0 Å². The largest absolute Gasteiger partial charge is 0.490 e. The fourth-order valence-electron chi connectivity index (χ4n) is 1.18. The quantitative estimate of drug-likeness (QED) is 0.529. The van der Waals surface area contributed by atoms with Gasteiger partial charge >= 0.3 is 5.97 Å². The molecule has 0 radical (unpaired) electrons. The van der Waals surface area contributed by atoms with Crippen LogP contribution in [0, 0.1) is 0 Å². The second kappa shape index (κ2) is 7.65. The third-order valence-corrected chi connectivity index (χ3v) is 2.08. The van der Waals surface area contributed by atoms with E-state index in [4.69, 9.17) is 20.3 Å². The van der Waals surface area contributed by atoms with E-state index in [9.17, 15) is 4.79 Å². The molecule has 0 spiro atoms. The number of aliphatic hydroxyl groups excluding tert-OH is 1. The number of carbonyl (C=O) groups is 1. The van der Waals surface area contributed by atoms with Crippen molar-refractivity contribution in [2.75, 3.05) is 19.8 Å². The van der Waals surface area contributed by atoms with Gasteiger partial charge in [-0.05, 0) is 18.6 Å². The van der Waals surface area contributed by atoms with Gasteiger partial charge in [0.2, 0.25) is 0 Å². The third kappa shape index (κ3) is 5.33. The molecular weight excluding hydrogens is 222 g/mol.